The lowest BCUT2D eigenvalue weighted by Crippen LogP contribution is -2.08. The molecule has 0 aromatic heterocycles. The number of nitrogens with one attached hydrogen (secondary N) is 1. The van der Waals surface area contributed by atoms with E-state index >= 15 is 0 Å². The Morgan fingerprint density at radius 2 is 1.00 bits per heavy atom. The SMILES string of the molecule is Cc1ccc(C(F)(F)F)cc1Nc1cc(C(F)(F)F)ccc1C. The summed E-state index contributed by atoms with van der Waals surface area (Å²) >= 11 is 0. The first-order chi connectivity index (χ1) is 10.5. The molecule has 0 aliphatic rings. The largest absolute Gasteiger partial charge is 0.416 e. The lowest BCUT2D eigenvalue weighted by atomic mass is 10.1. The van der Waals surface area contributed by atoms with Gasteiger partial charge in [-0.2, -0.15) is 26.3 Å². The molecule has 0 saturated carbocycles. The Bertz CT molecular complexity index is 654. The van der Waals surface area contributed by atoms with Gasteiger partial charge in [0, 0.05) is 11.4 Å². The van der Waals surface area contributed by atoms with Crippen molar-refractivity contribution >= 4 is 11.4 Å². The van der Waals surface area contributed by atoms with E-state index in [1.807, 2.05) is 0 Å². The van der Waals surface area contributed by atoms with Gasteiger partial charge in [-0.1, -0.05) is 12.1 Å². The standard InChI is InChI=1S/C16H13F6N/c1-9-3-5-11(15(17,18)19)7-13(9)23-14-8-12(16(20,21)22)6-4-10(14)2/h3-8,23H,1-2H3. The Morgan fingerprint density at radius 3 is 1.30 bits per heavy atom. The number of aryl methyl sites for hydroxylation is 2. The van der Waals surface area contributed by atoms with Crippen LogP contribution in [-0.2, 0) is 12.4 Å². The number of rotatable bonds is 2. The lowest BCUT2D eigenvalue weighted by Gasteiger charge is -2.16. The average molecular weight is 333 g/mol. The van der Waals surface area contributed by atoms with Crippen LogP contribution in [0.15, 0.2) is 36.4 Å². The van der Waals surface area contributed by atoms with Crippen LogP contribution in [0.5, 0.6) is 0 Å². The van der Waals surface area contributed by atoms with Crippen LogP contribution in [0.1, 0.15) is 22.3 Å². The first-order valence-corrected chi connectivity index (χ1v) is 6.61. The highest BCUT2D eigenvalue weighted by molar-refractivity contribution is 5.67. The second kappa shape index (κ2) is 5.79. The Morgan fingerprint density at radius 1 is 0.652 bits per heavy atom. The number of benzene rings is 2. The van der Waals surface area contributed by atoms with Gasteiger partial charge in [0.1, 0.15) is 0 Å². The molecule has 0 fully saturated rings. The molecule has 2 aromatic rings. The molecule has 1 nitrogen and oxygen atoms in total. The number of hydrogen-bond donors (Lipinski definition) is 1. The predicted molar refractivity (Wildman–Crippen MR) is 75.6 cm³/mol. The molecule has 0 aliphatic carbocycles. The average Bonchev–Trinajstić information content (AvgIpc) is 2.41. The van der Waals surface area contributed by atoms with Crippen LogP contribution in [0.2, 0.25) is 0 Å². The van der Waals surface area contributed by atoms with Crippen molar-refractivity contribution in [2.24, 2.45) is 0 Å². The first kappa shape index (κ1) is 17.2. The van der Waals surface area contributed by atoms with Gasteiger partial charge in [-0.25, -0.2) is 0 Å². The molecule has 124 valence electrons. The Labute approximate surface area is 128 Å². The van der Waals surface area contributed by atoms with Crippen LogP contribution in [0.25, 0.3) is 0 Å². The van der Waals surface area contributed by atoms with E-state index in [0.29, 0.717) is 11.1 Å². The highest BCUT2D eigenvalue weighted by Gasteiger charge is 2.32. The topological polar surface area (TPSA) is 12.0 Å². The van der Waals surface area contributed by atoms with Crippen LogP contribution >= 0.6 is 0 Å². The molecule has 0 radical (unpaired) electrons. The van der Waals surface area contributed by atoms with E-state index in [9.17, 15) is 26.3 Å². The quantitative estimate of drug-likeness (QED) is 0.656. The lowest BCUT2D eigenvalue weighted by molar-refractivity contribution is -0.138. The zero-order chi connectivity index (χ0) is 17.4. The van der Waals surface area contributed by atoms with Crippen molar-refractivity contribution in [2.45, 2.75) is 26.2 Å². The van der Waals surface area contributed by atoms with Gasteiger partial charge < -0.3 is 5.32 Å². The van der Waals surface area contributed by atoms with Crippen LogP contribution in [0.3, 0.4) is 0 Å². The number of halogens is 6. The first-order valence-electron chi connectivity index (χ1n) is 6.61. The summed E-state index contributed by atoms with van der Waals surface area (Å²) in [6.45, 7) is 3.15. The minimum atomic E-state index is -4.52. The summed E-state index contributed by atoms with van der Waals surface area (Å²) in [5.41, 5.74) is -0.514. The van der Waals surface area contributed by atoms with Crippen molar-refractivity contribution in [3.8, 4) is 0 Å². The molecular weight excluding hydrogens is 320 g/mol. The van der Waals surface area contributed by atoms with Crippen LogP contribution in [0.4, 0.5) is 37.7 Å². The second-order valence-electron chi connectivity index (χ2n) is 5.18. The summed E-state index contributed by atoms with van der Waals surface area (Å²) in [6, 6.07) is 6.17. The van der Waals surface area contributed by atoms with Crippen LogP contribution < -0.4 is 5.32 Å². The molecule has 0 heterocycles. The number of alkyl halides is 6. The molecule has 0 amide bonds. The van der Waals surface area contributed by atoms with Gasteiger partial charge in [0.25, 0.3) is 0 Å². The molecule has 0 unspecified atom stereocenters. The van der Waals surface area contributed by atoms with Gasteiger partial charge in [0.15, 0.2) is 0 Å². The molecular formula is C16H13F6N. The fraction of sp³-hybridized carbons (Fsp3) is 0.250. The third-order valence-corrected chi connectivity index (χ3v) is 3.40. The van der Waals surface area contributed by atoms with Crippen LogP contribution in [0, 0.1) is 13.8 Å². The number of hydrogen-bond acceptors (Lipinski definition) is 1. The van der Waals surface area contributed by atoms with Crippen molar-refractivity contribution in [3.63, 3.8) is 0 Å². The molecule has 0 saturated heterocycles. The molecule has 7 heteroatoms. The molecule has 23 heavy (non-hydrogen) atoms. The molecule has 2 aromatic carbocycles. The van der Waals surface area contributed by atoms with E-state index in [1.54, 1.807) is 13.8 Å². The third-order valence-electron chi connectivity index (χ3n) is 3.40. The summed E-state index contributed by atoms with van der Waals surface area (Å²) in [5.74, 6) is 0. The van der Waals surface area contributed by atoms with E-state index in [1.165, 1.54) is 12.1 Å². The summed E-state index contributed by atoms with van der Waals surface area (Å²) in [5, 5.41) is 2.67. The fourth-order valence-corrected chi connectivity index (χ4v) is 2.01. The molecule has 0 atom stereocenters. The van der Waals surface area contributed by atoms with E-state index in [-0.39, 0.29) is 11.4 Å². The molecule has 2 rings (SSSR count). The van der Waals surface area contributed by atoms with Crippen molar-refractivity contribution in [1.82, 2.24) is 0 Å². The van der Waals surface area contributed by atoms with Crippen molar-refractivity contribution in [3.05, 3.63) is 58.7 Å². The smallest absolute Gasteiger partial charge is 0.355 e. The zero-order valence-electron chi connectivity index (χ0n) is 12.2. The van der Waals surface area contributed by atoms with E-state index < -0.39 is 23.5 Å². The van der Waals surface area contributed by atoms with Crippen molar-refractivity contribution < 1.29 is 26.3 Å². The van der Waals surface area contributed by atoms with Gasteiger partial charge in [-0.3, -0.25) is 0 Å². The highest BCUT2D eigenvalue weighted by Crippen LogP contribution is 2.35. The van der Waals surface area contributed by atoms with Crippen LogP contribution in [-0.4, -0.2) is 0 Å². The molecule has 1 N–H and O–H groups in total. The van der Waals surface area contributed by atoms with E-state index in [2.05, 4.69) is 5.32 Å². The molecule has 0 bridgehead atoms. The summed E-state index contributed by atoms with van der Waals surface area (Å²) in [7, 11) is 0. The normalized spacial score (nSPS) is 12.3. The highest BCUT2D eigenvalue weighted by atomic mass is 19.4. The molecule has 0 spiro atoms. The molecule has 0 aliphatic heterocycles. The van der Waals surface area contributed by atoms with Gasteiger partial charge in [-0.05, 0) is 49.2 Å². The van der Waals surface area contributed by atoms with Gasteiger partial charge in [-0.15, -0.1) is 0 Å². The van der Waals surface area contributed by atoms with Gasteiger partial charge in [0.05, 0.1) is 11.1 Å². The zero-order valence-corrected chi connectivity index (χ0v) is 12.2. The maximum absolute atomic E-state index is 12.8. The second-order valence-corrected chi connectivity index (χ2v) is 5.18. The Balaban J connectivity index is 2.43. The summed E-state index contributed by atoms with van der Waals surface area (Å²) in [6.07, 6.45) is -9.04. The van der Waals surface area contributed by atoms with Gasteiger partial charge in [0.2, 0.25) is 0 Å². The van der Waals surface area contributed by atoms with Crippen molar-refractivity contribution in [1.29, 1.82) is 0 Å². The van der Waals surface area contributed by atoms with E-state index in [4.69, 9.17) is 0 Å². The Kier molecular flexibility index (Phi) is 4.32. The monoisotopic (exact) mass is 333 g/mol. The van der Waals surface area contributed by atoms with E-state index in [0.717, 1.165) is 24.3 Å². The maximum Gasteiger partial charge on any atom is 0.416 e. The minimum absolute atomic E-state index is 0.113. The van der Waals surface area contributed by atoms with Crippen molar-refractivity contribution in [2.75, 3.05) is 5.32 Å². The summed E-state index contributed by atoms with van der Waals surface area (Å²) in [4.78, 5) is 0. The summed E-state index contributed by atoms with van der Waals surface area (Å²) < 4.78 is 76.6. The van der Waals surface area contributed by atoms with Gasteiger partial charge >= 0.3 is 12.4 Å². The predicted octanol–water partition coefficient (Wildman–Crippen LogP) is 6.08. The number of anilines is 2. The maximum atomic E-state index is 12.8. The minimum Gasteiger partial charge on any atom is -0.355 e. The fourth-order valence-electron chi connectivity index (χ4n) is 2.01. The Hall–Kier alpha value is -2.18. The third kappa shape index (κ3) is 3.97.